The lowest BCUT2D eigenvalue weighted by molar-refractivity contribution is -0.163. The number of amides is 1. The number of halogens is 4. The van der Waals surface area contributed by atoms with Crippen LogP contribution in [-0.4, -0.2) is 17.6 Å². The third-order valence-electron chi connectivity index (χ3n) is 3.55. The lowest BCUT2D eigenvalue weighted by Gasteiger charge is -2.20. The van der Waals surface area contributed by atoms with Crippen LogP contribution in [0.1, 0.15) is 22.5 Å². The van der Waals surface area contributed by atoms with Crippen molar-refractivity contribution in [1.82, 2.24) is 5.32 Å². The Hall–Kier alpha value is -1.83. The number of fused-ring (bicyclic) bond motifs is 1. The molecular formula is C13H10F4N2OS. The Labute approximate surface area is 120 Å². The van der Waals surface area contributed by atoms with E-state index in [-0.39, 0.29) is 28.8 Å². The monoisotopic (exact) mass is 318 g/mol. The second-order valence-electron chi connectivity index (χ2n) is 4.99. The standard InChI is InChI=1S/C13H10F4N2OS/c14-6-2-1-3-7-8(6)9(18)10(21-7)11(20)19-12(4-5-12)13(15,16)17/h1-3H,4-5,18H2,(H,19,20). The number of rotatable bonds is 2. The lowest BCUT2D eigenvalue weighted by Crippen LogP contribution is -2.47. The Morgan fingerprint density at radius 3 is 2.52 bits per heavy atom. The second-order valence-corrected chi connectivity index (χ2v) is 6.04. The first-order valence-electron chi connectivity index (χ1n) is 6.11. The highest BCUT2D eigenvalue weighted by Crippen LogP contribution is 2.49. The molecule has 1 aliphatic carbocycles. The Bertz CT molecular complexity index is 734. The van der Waals surface area contributed by atoms with Crippen molar-refractivity contribution in [2.24, 2.45) is 0 Å². The van der Waals surface area contributed by atoms with E-state index in [0.717, 1.165) is 11.3 Å². The van der Waals surface area contributed by atoms with E-state index in [0.29, 0.717) is 4.70 Å². The number of hydrogen-bond acceptors (Lipinski definition) is 3. The average Bonchev–Trinajstić information content (AvgIpc) is 3.08. The minimum Gasteiger partial charge on any atom is -0.397 e. The second kappa shape index (κ2) is 4.33. The lowest BCUT2D eigenvalue weighted by atomic mass is 10.2. The van der Waals surface area contributed by atoms with Gasteiger partial charge in [0, 0.05) is 4.70 Å². The third kappa shape index (κ3) is 2.14. The number of nitrogens with two attached hydrogens (primary N) is 1. The fourth-order valence-electron chi connectivity index (χ4n) is 2.18. The SMILES string of the molecule is Nc1c(C(=O)NC2(C(F)(F)F)CC2)sc2cccc(F)c12. The average molecular weight is 318 g/mol. The molecule has 1 aromatic heterocycles. The summed E-state index contributed by atoms with van der Waals surface area (Å²) in [5, 5.41) is 2.06. The van der Waals surface area contributed by atoms with E-state index in [1.807, 2.05) is 5.32 Å². The first kappa shape index (κ1) is 14.1. The molecule has 3 rings (SSSR count). The van der Waals surface area contributed by atoms with Crippen molar-refractivity contribution < 1.29 is 22.4 Å². The predicted molar refractivity (Wildman–Crippen MR) is 71.7 cm³/mol. The molecule has 21 heavy (non-hydrogen) atoms. The van der Waals surface area contributed by atoms with Crippen molar-refractivity contribution in [2.45, 2.75) is 24.6 Å². The van der Waals surface area contributed by atoms with Crippen LogP contribution in [0, 0.1) is 5.82 Å². The van der Waals surface area contributed by atoms with Crippen molar-refractivity contribution in [3.05, 3.63) is 28.9 Å². The summed E-state index contributed by atoms with van der Waals surface area (Å²) in [6.07, 6.45) is -4.80. The quantitative estimate of drug-likeness (QED) is 0.833. The van der Waals surface area contributed by atoms with Crippen LogP contribution in [0.3, 0.4) is 0 Å². The first-order valence-corrected chi connectivity index (χ1v) is 6.92. The highest BCUT2D eigenvalue weighted by molar-refractivity contribution is 7.21. The van der Waals surface area contributed by atoms with Gasteiger partial charge in [-0.2, -0.15) is 13.2 Å². The van der Waals surface area contributed by atoms with E-state index < -0.39 is 23.4 Å². The van der Waals surface area contributed by atoms with Crippen LogP contribution < -0.4 is 11.1 Å². The summed E-state index contributed by atoms with van der Waals surface area (Å²) in [7, 11) is 0. The Morgan fingerprint density at radius 1 is 1.33 bits per heavy atom. The number of hydrogen-bond donors (Lipinski definition) is 2. The molecule has 0 unspecified atom stereocenters. The molecule has 2 aromatic rings. The summed E-state index contributed by atoms with van der Waals surface area (Å²) < 4.78 is 52.6. The van der Waals surface area contributed by atoms with E-state index in [4.69, 9.17) is 5.73 Å². The summed E-state index contributed by atoms with van der Waals surface area (Å²) >= 11 is 0.881. The van der Waals surface area contributed by atoms with Gasteiger partial charge in [-0.25, -0.2) is 4.39 Å². The van der Waals surface area contributed by atoms with Gasteiger partial charge in [0.2, 0.25) is 0 Å². The van der Waals surface area contributed by atoms with Gasteiger partial charge in [-0.1, -0.05) is 6.07 Å². The van der Waals surface area contributed by atoms with E-state index in [1.165, 1.54) is 12.1 Å². The molecule has 1 amide bonds. The number of carbonyl (C=O) groups excluding carboxylic acids is 1. The molecule has 0 radical (unpaired) electrons. The summed E-state index contributed by atoms with van der Waals surface area (Å²) in [5.74, 6) is -1.51. The van der Waals surface area contributed by atoms with Gasteiger partial charge < -0.3 is 11.1 Å². The number of thiophene rings is 1. The molecule has 1 aromatic carbocycles. The molecule has 0 atom stereocenters. The zero-order chi connectivity index (χ0) is 15.4. The molecular weight excluding hydrogens is 308 g/mol. The van der Waals surface area contributed by atoms with Crippen LogP contribution in [0.15, 0.2) is 18.2 Å². The van der Waals surface area contributed by atoms with Gasteiger partial charge in [0.25, 0.3) is 5.91 Å². The molecule has 8 heteroatoms. The Balaban J connectivity index is 1.96. The summed E-state index contributed by atoms with van der Waals surface area (Å²) in [5.41, 5.74) is 3.43. The van der Waals surface area contributed by atoms with Gasteiger partial charge in [0.05, 0.1) is 11.1 Å². The Kier molecular flexibility index (Phi) is 2.91. The first-order chi connectivity index (χ1) is 9.75. The predicted octanol–water partition coefficient (Wildman–Crippen LogP) is 3.45. The third-order valence-corrected chi connectivity index (χ3v) is 4.72. The molecule has 1 saturated carbocycles. The van der Waals surface area contributed by atoms with Crippen molar-refractivity contribution >= 4 is 33.0 Å². The molecule has 0 aliphatic heterocycles. The summed E-state index contributed by atoms with van der Waals surface area (Å²) in [4.78, 5) is 12.0. The minimum atomic E-state index is -4.50. The topological polar surface area (TPSA) is 55.1 Å². The zero-order valence-electron chi connectivity index (χ0n) is 10.6. The van der Waals surface area contributed by atoms with Crippen LogP contribution in [0.2, 0.25) is 0 Å². The van der Waals surface area contributed by atoms with Crippen molar-refractivity contribution in [1.29, 1.82) is 0 Å². The largest absolute Gasteiger partial charge is 0.411 e. The summed E-state index contributed by atoms with van der Waals surface area (Å²) in [6.45, 7) is 0. The number of nitrogens with one attached hydrogen (secondary N) is 1. The van der Waals surface area contributed by atoms with Gasteiger partial charge in [-0.3, -0.25) is 4.79 Å². The molecule has 112 valence electrons. The van der Waals surface area contributed by atoms with Crippen molar-refractivity contribution in [3.8, 4) is 0 Å². The highest BCUT2D eigenvalue weighted by Gasteiger charge is 2.64. The van der Waals surface area contributed by atoms with Gasteiger partial charge >= 0.3 is 6.18 Å². The van der Waals surface area contributed by atoms with Crippen LogP contribution >= 0.6 is 11.3 Å². The van der Waals surface area contributed by atoms with Gasteiger partial charge in [0.1, 0.15) is 16.2 Å². The van der Waals surface area contributed by atoms with E-state index in [9.17, 15) is 22.4 Å². The van der Waals surface area contributed by atoms with Gasteiger partial charge in [0.15, 0.2) is 0 Å². The van der Waals surface area contributed by atoms with Crippen LogP contribution in [0.5, 0.6) is 0 Å². The number of benzene rings is 1. The maximum atomic E-state index is 13.7. The van der Waals surface area contributed by atoms with Crippen molar-refractivity contribution in [3.63, 3.8) is 0 Å². The maximum Gasteiger partial charge on any atom is 0.411 e. The fraction of sp³-hybridized carbons (Fsp3) is 0.308. The van der Waals surface area contributed by atoms with Crippen LogP contribution in [-0.2, 0) is 0 Å². The molecule has 3 nitrogen and oxygen atoms in total. The van der Waals surface area contributed by atoms with Crippen molar-refractivity contribution in [2.75, 3.05) is 5.73 Å². The number of alkyl halides is 3. The van der Waals surface area contributed by atoms with Gasteiger partial charge in [-0.05, 0) is 25.0 Å². The van der Waals surface area contributed by atoms with Crippen LogP contribution in [0.4, 0.5) is 23.2 Å². The number of anilines is 1. The fourth-order valence-corrected chi connectivity index (χ4v) is 3.21. The van der Waals surface area contributed by atoms with E-state index >= 15 is 0 Å². The maximum absolute atomic E-state index is 13.7. The minimum absolute atomic E-state index is 0.0736. The molecule has 1 heterocycles. The summed E-state index contributed by atoms with van der Waals surface area (Å²) in [6, 6.07) is 4.20. The molecule has 1 fully saturated rings. The van der Waals surface area contributed by atoms with E-state index in [1.54, 1.807) is 6.07 Å². The molecule has 1 aliphatic rings. The van der Waals surface area contributed by atoms with Gasteiger partial charge in [-0.15, -0.1) is 11.3 Å². The van der Waals surface area contributed by atoms with E-state index in [2.05, 4.69) is 0 Å². The number of carbonyl (C=O) groups is 1. The molecule has 0 saturated heterocycles. The highest BCUT2D eigenvalue weighted by atomic mass is 32.1. The Morgan fingerprint density at radius 2 is 2.00 bits per heavy atom. The zero-order valence-corrected chi connectivity index (χ0v) is 11.4. The molecule has 0 spiro atoms. The normalized spacial score (nSPS) is 17.0. The number of nitrogen functional groups attached to an aromatic ring is 1. The van der Waals surface area contributed by atoms with Crippen LogP contribution in [0.25, 0.3) is 10.1 Å². The smallest absolute Gasteiger partial charge is 0.397 e. The molecule has 0 bridgehead atoms. The molecule has 3 N–H and O–H groups in total.